The van der Waals surface area contributed by atoms with Gasteiger partial charge in [-0.2, -0.15) is 5.26 Å². The molecule has 0 amide bonds. The minimum Gasteiger partial charge on any atom is -0.494 e. The van der Waals surface area contributed by atoms with E-state index in [1.165, 1.54) is 0 Å². The second-order valence-corrected chi connectivity index (χ2v) is 4.64. The Kier molecular flexibility index (Phi) is 4.81. The van der Waals surface area contributed by atoms with Crippen LogP contribution in [0, 0.1) is 11.3 Å². The molecule has 108 valence electrons. The summed E-state index contributed by atoms with van der Waals surface area (Å²) in [6.45, 7) is 2.63. The van der Waals surface area contributed by atoms with Crippen molar-refractivity contribution >= 4 is 0 Å². The molecule has 0 aliphatic heterocycles. The zero-order valence-corrected chi connectivity index (χ0v) is 12.0. The van der Waals surface area contributed by atoms with E-state index in [4.69, 9.17) is 15.2 Å². The van der Waals surface area contributed by atoms with Crippen molar-refractivity contribution in [3.05, 3.63) is 60.2 Å². The summed E-state index contributed by atoms with van der Waals surface area (Å²) < 4.78 is 11.0. The predicted octanol–water partition coefficient (Wildman–Crippen LogP) is 2.84. The van der Waals surface area contributed by atoms with Gasteiger partial charge in [0.05, 0.1) is 12.7 Å². The van der Waals surface area contributed by atoms with E-state index in [9.17, 15) is 5.26 Å². The number of rotatable bonds is 6. The summed E-state index contributed by atoms with van der Waals surface area (Å²) >= 11 is 0. The van der Waals surface area contributed by atoms with Gasteiger partial charge in [0.15, 0.2) is 5.54 Å². The van der Waals surface area contributed by atoms with E-state index in [0.717, 1.165) is 11.3 Å². The molecule has 2 aromatic carbocycles. The van der Waals surface area contributed by atoms with Crippen LogP contribution in [0.2, 0.25) is 0 Å². The SMILES string of the molecule is CCOc1ccc(OCC(N)(C#N)c2ccccc2)cc1. The average molecular weight is 282 g/mol. The summed E-state index contributed by atoms with van der Waals surface area (Å²) in [7, 11) is 0. The fourth-order valence-electron chi connectivity index (χ4n) is 1.91. The van der Waals surface area contributed by atoms with Crippen LogP contribution in [-0.4, -0.2) is 13.2 Å². The second kappa shape index (κ2) is 6.78. The number of hydrogen-bond donors (Lipinski definition) is 1. The van der Waals surface area contributed by atoms with Crippen molar-refractivity contribution in [3.63, 3.8) is 0 Å². The third-order valence-electron chi connectivity index (χ3n) is 3.09. The zero-order chi connectivity index (χ0) is 15.1. The van der Waals surface area contributed by atoms with Crippen LogP contribution in [0.4, 0.5) is 0 Å². The molecule has 2 aromatic rings. The van der Waals surface area contributed by atoms with E-state index in [0.29, 0.717) is 12.4 Å². The van der Waals surface area contributed by atoms with Crippen LogP contribution < -0.4 is 15.2 Å². The first kappa shape index (κ1) is 14.9. The number of ether oxygens (including phenoxy) is 2. The molecule has 21 heavy (non-hydrogen) atoms. The molecular formula is C17H18N2O2. The molecule has 0 fully saturated rings. The molecule has 1 atom stereocenters. The fraction of sp³-hybridized carbons (Fsp3) is 0.235. The molecule has 0 bridgehead atoms. The average Bonchev–Trinajstić information content (AvgIpc) is 2.55. The van der Waals surface area contributed by atoms with Crippen molar-refractivity contribution < 1.29 is 9.47 Å². The minimum absolute atomic E-state index is 0.0848. The van der Waals surface area contributed by atoms with Crippen molar-refractivity contribution in [2.24, 2.45) is 5.73 Å². The molecule has 0 spiro atoms. The molecule has 0 saturated carbocycles. The molecular weight excluding hydrogens is 264 g/mol. The molecule has 1 unspecified atom stereocenters. The van der Waals surface area contributed by atoms with Crippen LogP contribution in [0.25, 0.3) is 0 Å². The van der Waals surface area contributed by atoms with Crippen molar-refractivity contribution in [2.75, 3.05) is 13.2 Å². The Hall–Kier alpha value is -2.51. The van der Waals surface area contributed by atoms with Gasteiger partial charge in [0.25, 0.3) is 0 Å². The highest BCUT2D eigenvalue weighted by molar-refractivity contribution is 5.33. The second-order valence-electron chi connectivity index (χ2n) is 4.64. The first-order chi connectivity index (χ1) is 10.2. The Morgan fingerprint density at radius 3 is 2.10 bits per heavy atom. The molecule has 2 N–H and O–H groups in total. The van der Waals surface area contributed by atoms with Crippen molar-refractivity contribution in [3.8, 4) is 17.6 Å². The molecule has 0 heterocycles. The molecule has 4 nitrogen and oxygen atoms in total. The lowest BCUT2D eigenvalue weighted by atomic mass is 9.94. The van der Waals surface area contributed by atoms with E-state index in [1.54, 1.807) is 12.1 Å². The summed E-state index contributed by atoms with van der Waals surface area (Å²) in [5.41, 5.74) is 5.70. The quantitative estimate of drug-likeness (QED) is 0.884. The highest BCUT2D eigenvalue weighted by atomic mass is 16.5. The monoisotopic (exact) mass is 282 g/mol. The number of nitrogens with two attached hydrogens (primary N) is 1. The number of nitriles is 1. The van der Waals surface area contributed by atoms with Crippen LogP contribution >= 0.6 is 0 Å². The van der Waals surface area contributed by atoms with Crippen LogP contribution in [0.5, 0.6) is 11.5 Å². The molecule has 0 radical (unpaired) electrons. The third kappa shape index (κ3) is 3.74. The largest absolute Gasteiger partial charge is 0.494 e. The third-order valence-corrected chi connectivity index (χ3v) is 3.09. The lowest BCUT2D eigenvalue weighted by Gasteiger charge is -2.22. The summed E-state index contributed by atoms with van der Waals surface area (Å²) in [5.74, 6) is 1.44. The van der Waals surface area contributed by atoms with Gasteiger partial charge in [-0.15, -0.1) is 0 Å². The predicted molar refractivity (Wildman–Crippen MR) is 81.0 cm³/mol. The topological polar surface area (TPSA) is 68.3 Å². The Morgan fingerprint density at radius 1 is 1.00 bits per heavy atom. The lowest BCUT2D eigenvalue weighted by molar-refractivity contribution is 0.255. The smallest absolute Gasteiger partial charge is 0.164 e. The standard InChI is InChI=1S/C17H18N2O2/c1-2-20-15-8-10-16(11-9-15)21-13-17(19,12-18)14-6-4-3-5-7-14/h3-11H,2,13,19H2,1H3. The first-order valence-corrected chi connectivity index (χ1v) is 6.79. The summed E-state index contributed by atoms with van der Waals surface area (Å²) in [5, 5.41) is 9.36. The number of hydrogen-bond acceptors (Lipinski definition) is 4. The van der Waals surface area contributed by atoms with E-state index < -0.39 is 5.54 Å². The molecule has 4 heteroatoms. The highest BCUT2D eigenvalue weighted by Gasteiger charge is 2.28. The lowest BCUT2D eigenvalue weighted by Crippen LogP contribution is -2.41. The normalized spacial score (nSPS) is 13.0. The van der Waals surface area contributed by atoms with E-state index in [-0.39, 0.29) is 6.61 Å². The Labute approximate surface area is 124 Å². The maximum absolute atomic E-state index is 9.36. The van der Waals surface area contributed by atoms with Crippen molar-refractivity contribution in [2.45, 2.75) is 12.5 Å². The van der Waals surface area contributed by atoms with E-state index in [2.05, 4.69) is 6.07 Å². The van der Waals surface area contributed by atoms with Gasteiger partial charge in [-0.05, 0) is 36.8 Å². The summed E-state index contributed by atoms with van der Waals surface area (Å²) in [6.07, 6.45) is 0. The zero-order valence-electron chi connectivity index (χ0n) is 12.0. The van der Waals surface area contributed by atoms with Gasteiger partial charge in [-0.3, -0.25) is 0 Å². The molecule has 0 aliphatic rings. The van der Waals surface area contributed by atoms with E-state index in [1.807, 2.05) is 49.4 Å². The Morgan fingerprint density at radius 2 is 1.57 bits per heavy atom. The van der Waals surface area contributed by atoms with E-state index >= 15 is 0 Å². The molecule has 2 rings (SSSR count). The highest BCUT2D eigenvalue weighted by Crippen LogP contribution is 2.22. The maximum Gasteiger partial charge on any atom is 0.164 e. The molecule has 0 aromatic heterocycles. The van der Waals surface area contributed by atoms with Crippen LogP contribution in [-0.2, 0) is 5.54 Å². The molecule has 0 aliphatic carbocycles. The van der Waals surface area contributed by atoms with Gasteiger partial charge in [0.2, 0.25) is 0 Å². The van der Waals surface area contributed by atoms with Crippen molar-refractivity contribution in [1.29, 1.82) is 5.26 Å². The van der Waals surface area contributed by atoms with Crippen LogP contribution in [0.15, 0.2) is 54.6 Å². The van der Waals surface area contributed by atoms with Crippen molar-refractivity contribution in [1.82, 2.24) is 0 Å². The Balaban J connectivity index is 2.05. The number of benzene rings is 2. The Bertz CT molecular complexity index is 605. The minimum atomic E-state index is -1.17. The van der Waals surface area contributed by atoms with Crippen LogP contribution in [0.3, 0.4) is 0 Å². The van der Waals surface area contributed by atoms with Gasteiger partial charge in [0, 0.05) is 0 Å². The van der Waals surface area contributed by atoms with Gasteiger partial charge in [-0.1, -0.05) is 30.3 Å². The first-order valence-electron chi connectivity index (χ1n) is 6.79. The summed E-state index contributed by atoms with van der Waals surface area (Å²) in [4.78, 5) is 0. The fourth-order valence-corrected chi connectivity index (χ4v) is 1.91. The summed E-state index contributed by atoms with van der Waals surface area (Å²) in [6, 6.07) is 18.6. The van der Waals surface area contributed by atoms with Gasteiger partial charge < -0.3 is 15.2 Å². The number of nitrogens with zero attached hydrogens (tertiary/aromatic N) is 1. The van der Waals surface area contributed by atoms with Gasteiger partial charge >= 0.3 is 0 Å². The maximum atomic E-state index is 9.36. The molecule has 0 saturated heterocycles. The van der Waals surface area contributed by atoms with Gasteiger partial charge in [-0.25, -0.2) is 0 Å². The van der Waals surface area contributed by atoms with Gasteiger partial charge in [0.1, 0.15) is 18.1 Å². The van der Waals surface area contributed by atoms with Crippen LogP contribution in [0.1, 0.15) is 12.5 Å².